The van der Waals surface area contributed by atoms with Crippen molar-refractivity contribution in [3.05, 3.63) is 46.8 Å². The van der Waals surface area contributed by atoms with Gasteiger partial charge in [-0.3, -0.25) is 5.10 Å². The van der Waals surface area contributed by atoms with Gasteiger partial charge in [-0.1, -0.05) is 32.9 Å². The third kappa shape index (κ3) is 3.45. The molecule has 2 rings (SSSR count). The summed E-state index contributed by atoms with van der Waals surface area (Å²) in [6, 6.07) is 8.14. The van der Waals surface area contributed by atoms with Gasteiger partial charge in [-0.2, -0.15) is 5.10 Å². The second-order valence-corrected chi connectivity index (χ2v) is 6.40. The Morgan fingerprint density at radius 3 is 2.38 bits per heavy atom. The number of rotatable bonds is 4. The summed E-state index contributed by atoms with van der Waals surface area (Å²) in [6.07, 6.45) is -0.211. The van der Waals surface area contributed by atoms with E-state index in [0.29, 0.717) is 0 Å². The molecule has 0 aliphatic rings. The normalized spacial score (nSPS) is 13.2. The molecule has 1 unspecified atom stereocenters. The highest BCUT2D eigenvalue weighted by molar-refractivity contribution is 5.32. The van der Waals surface area contributed by atoms with Crippen LogP contribution in [0, 0.1) is 6.92 Å². The number of benzene rings is 1. The van der Waals surface area contributed by atoms with Gasteiger partial charge in [0, 0.05) is 11.3 Å². The molecule has 0 saturated heterocycles. The van der Waals surface area contributed by atoms with Crippen molar-refractivity contribution in [2.75, 3.05) is 0 Å². The molecule has 4 heteroatoms. The summed E-state index contributed by atoms with van der Waals surface area (Å²) in [4.78, 5) is 0. The molecule has 1 aromatic carbocycles. The predicted molar refractivity (Wildman–Crippen MR) is 83.4 cm³/mol. The Morgan fingerprint density at radius 1 is 1.24 bits per heavy atom. The van der Waals surface area contributed by atoms with E-state index >= 15 is 0 Å². The van der Waals surface area contributed by atoms with E-state index in [9.17, 15) is 5.11 Å². The number of aliphatic hydroxyl groups excluding tert-OH is 1. The molecule has 0 aliphatic heterocycles. The fourth-order valence-corrected chi connectivity index (χ4v) is 2.30. The lowest BCUT2D eigenvalue weighted by Crippen LogP contribution is -2.11. The molecular formula is C17H24N2O2. The number of nitrogens with one attached hydrogen (secondary N) is 1. The third-order valence-corrected chi connectivity index (χ3v) is 3.68. The van der Waals surface area contributed by atoms with Crippen LogP contribution < -0.4 is 4.74 Å². The van der Waals surface area contributed by atoms with Gasteiger partial charge in [0.05, 0.1) is 6.61 Å². The van der Waals surface area contributed by atoms with E-state index in [2.05, 4.69) is 43.1 Å². The van der Waals surface area contributed by atoms with Crippen molar-refractivity contribution in [3.8, 4) is 5.75 Å². The fourth-order valence-electron chi connectivity index (χ4n) is 2.30. The van der Waals surface area contributed by atoms with Crippen molar-refractivity contribution in [2.24, 2.45) is 0 Å². The maximum atomic E-state index is 9.41. The number of nitrogens with zero attached hydrogens (tertiary/aromatic N) is 1. The molecule has 0 amide bonds. The SMILES string of the molecule is Cc1[nH]nc(C(C)Oc2ccc(C(C)(C)C)cc2)c1CO. The summed E-state index contributed by atoms with van der Waals surface area (Å²) in [5.41, 5.74) is 3.86. The Kier molecular flexibility index (Phi) is 4.37. The highest BCUT2D eigenvalue weighted by Gasteiger charge is 2.18. The van der Waals surface area contributed by atoms with E-state index < -0.39 is 0 Å². The number of aromatic nitrogens is 2. The molecular weight excluding hydrogens is 264 g/mol. The van der Waals surface area contributed by atoms with Gasteiger partial charge < -0.3 is 9.84 Å². The highest BCUT2D eigenvalue weighted by atomic mass is 16.5. The van der Waals surface area contributed by atoms with Crippen LogP contribution in [0.5, 0.6) is 5.75 Å². The molecule has 0 bridgehead atoms. The lowest BCUT2D eigenvalue weighted by Gasteiger charge is -2.20. The highest BCUT2D eigenvalue weighted by Crippen LogP contribution is 2.27. The van der Waals surface area contributed by atoms with Crippen LogP contribution in [-0.4, -0.2) is 15.3 Å². The summed E-state index contributed by atoms with van der Waals surface area (Å²) in [5.74, 6) is 0.806. The van der Waals surface area contributed by atoms with Gasteiger partial charge in [0.15, 0.2) is 0 Å². The van der Waals surface area contributed by atoms with Crippen molar-refractivity contribution in [1.82, 2.24) is 10.2 Å². The molecule has 0 saturated carbocycles. The number of ether oxygens (including phenoxy) is 1. The van der Waals surface area contributed by atoms with Crippen LogP contribution >= 0.6 is 0 Å². The minimum absolute atomic E-state index is 0.0334. The molecule has 1 aromatic heterocycles. The van der Waals surface area contributed by atoms with Gasteiger partial charge in [-0.05, 0) is 37.0 Å². The zero-order valence-corrected chi connectivity index (χ0v) is 13.4. The number of aromatic amines is 1. The first-order valence-electron chi connectivity index (χ1n) is 7.24. The summed E-state index contributed by atoms with van der Waals surface area (Å²) < 4.78 is 5.93. The summed E-state index contributed by atoms with van der Waals surface area (Å²) in [6.45, 7) is 10.4. The first-order chi connectivity index (χ1) is 9.82. The molecule has 1 heterocycles. The van der Waals surface area contributed by atoms with Crippen LogP contribution in [0.4, 0.5) is 0 Å². The second-order valence-electron chi connectivity index (χ2n) is 6.40. The Labute approximate surface area is 126 Å². The third-order valence-electron chi connectivity index (χ3n) is 3.68. The number of aryl methyl sites for hydroxylation is 1. The summed E-state index contributed by atoms with van der Waals surface area (Å²) in [7, 11) is 0. The fraction of sp³-hybridized carbons (Fsp3) is 0.471. The van der Waals surface area contributed by atoms with Crippen LogP contribution in [0.3, 0.4) is 0 Å². The van der Waals surface area contributed by atoms with Crippen molar-refractivity contribution < 1.29 is 9.84 Å². The Balaban J connectivity index is 2.14. The Morgan fingerprint density at radius 2 is 1.86 bits per heavy atom. The van der Waals surface area contributed by atoms with Crippen LogP contribution in [0.2, 0.25) is 0 Å². The number of aliphatic hydroxyl groups is 1. The molecule has 0 radical (unpaired) electrons. The molecule has 2 N–H and O–H groups in total. The average Bonchev–Trinajstić information content (AvgIpc) is 2.79. The van der Waals surface area contributed by atoms with Crippen molar-refractivity contribution in [3.63, 3.8) is 0 Å². The Bertz CT molecular complexity index is 594. The largest absolute Gasteiger partial charge is 0.484 e. The minimum atomic E-state index is -0.211. The van der Waals surface area contributed by atoms with Crippen molar-refractivity contribution in [2.45, 2.75) is 52.7 Å². The van der Waals surface area contributed by atoms with Crippen molar-refractivity contribution in [1.29, 1.82) is 0 Å². The quantitative estimate of drug-likeness (QED) is 0.903. The van der Waals surface area contributed by atoms with Gasteiger partial charge in [0.1, 0.15) is 17.5 Å². The van der Waals surface area contributed by atoms with E-state index in [0.717, 1.165) is 22.7 Å². The average molecular weight is 288 g/mol. The lowest BCUT2D eigenvalue weighted by atomic mass is 9.87. The van der Waals surface area contributed by atoms with Crippen molar-refractivity contribution >= 4 is 0 Å². The van der Waals surface area contributed by atoms with Gasteiger partial charge in [0.25, 0.3) is 0 Å². The zero-order valence-electron chi connectivity index (χ0n) is 13.4. The standard InChI is InChI=1S/C17H24N2O2/c1-11-15(10-20)16(19-18-11)12(2)21-14-8-6-13(7-9-14)17(3,4)5/h6-9,12,20H,10H2,1-5H3,(H,18,19). The molecule has 0 fully saturated rings. The van der Waals surface area contributed by atoms with E-state index in [1.165, 1.54) is 5.56 Å². The second kappa shape index (κ2) is 5.90. The van der Waals surface area contributed by atoms with Crippen LogP contribution in [-0.2, 0) is 12.0 Å². The zero-order chi connectivity index (χ0) is 15.6. The first kappa shape index (κ1) is 15.6. The monoisotopic (exact) mass is 288 g/mol. The number of H-pyrrole nitrogens is 1. The van der Waals surface area contributed by atoms with Crippen LogP contribution in [0.15, 0.2) is 24.3 Å². The van der Waals surface area contributed by atoms with Gasteiger partial charge in [-0.15, -0.1) is 0 Å². The van der Waals surface area contributed by atoms with Gasteiger partial charge >= 0.3 is 0 Å². The molecule has 4 nitrogen and oxygen atoms in total. The van der Waals surface area contributed by atoms with Gasteiger partial charge in [-0.25, -0.2) is 0 Å². The van der Waals surface area contributed by atoms with E-state index in [1.807, 2.05) is 26.0 Å². The maximum absolute atomic E-state index is 9.41. The molecule has 114 valence electrons. The Hall–Kier alpha value is -1.81. The molecule has 0 aliphatic carbocycles. The molecule has 1 atom stereocenters. The summed E-state index contributed by atoms with van der Waals surface area (Å²) >= 11 is 0. The lowest BCUT2D eigenvalue weighted by molar-refractivity contribution is 0.214. The predicted octanol–water partition coefficient (Wildman–Crippen LogP) is 3.65. The number of hydrogen-bond acceptors (Lipinski definition) is 3. The maximum Gasteiger partial charge on any atom is 0.140 e. The number of hydrogen-bond donors (Lipinski definition) is 2. The topological polar surface area (TPSA) is 58.1 Å². The van der Waals surface area contributed by atoms with E-state index in [-0.39, 0.29) is 18.1 Å². The minimum Gasteiger partial charge on any atom is -0.484 e. The molecule has 0 spiro atoms. The van der Waals surface area contributed by atoms with E-state index in [4.69, 9.17) is 4.74 Å². The summed E-state index contributed by atoms with van der Waals surface area (Å²) in [5, 5.41) is 16.5. The van der Waals surface area contributed by atoms with E-state index in [1.54, 1.807) is 0 Å². The van der Waals surface area contributed by atoms with Crippen LogP contribution in [0.1, 0.15) is 56.3 Å². The van der Waals surface area contributed by atoms with Gasteiger partial charge in [0.2, 0.25) is 0 Å². The smallest absolute Gasteiger partial charge is 0.140 e. The molecule has 2 aromatic rings. The first-order valence-corrected chi connectivity index (χ1v) is 7.24. The van der Waals surface area contributed by atoms with Crippen LogP contribution in [0.25, 0.3) is 0 Å². The molecule has 21 heavy (non-hydrogen) atoms.